The first kappa shape index (κ1) is 14.8. The molecule has 2 rings (SSSR count). The first-order chi connectivity index (χ1) is 9.10. The molecule has 0 atom stereocenters. The van der Waals surface area contributed by atoms with Crippen molar-refractivity contribution in [2.75, 3.05) is 13.2 Å². The van der Waals surface area contributed by atoms with Gasteiger partial charge in [0, 0.05) is 18.0 Å². The number of nitrogens with one attached hydrogen (secondary N) is 1. The Labute approximate surface area is 116 Å². The van der Waals surface area contributed by atoms with Gasteiger partial charge in [0.15, 0.2) is 0 Å². The number of hydrogen-bond donors (Lipinski definition) is 2. The third kappa shape index (κ3) is 4.18. The molecule has 0 aromatic heterocycles. The molecule has 0 unspecified atom stereocenters. The molecule has 2 saturated carbocycles. The van der Waals surface area contributed by atoms with Gasteiger partial charge in [-0.2, -0.15) is 0 Å². The summed E-state index contributed by atoms with van der Waals surface area (Å²) in [7, 11) is 0. The summed E-state index contributed by atoms with van der Waals surface area (Å²) < 4.78 is 5.81. The number of ether oxygens (including phenoxy) is 1. The quantitative estimate of drug-likeness (QED) is 0.749. The van der Waals surface area contributed by atoms with Crippen molar-refractivity contribution < 1.29 is 9.53 Å². The van der Waals surface area contributed by atoms with Crippen LogP contribution >= 0.6 is 0 Å². The van der Waals surface area contributed by atoms with Gasteiger partial charge in [-0.25, -0.2) is 0 Å². The zero-order valence-corrected chi connectivity index (χ0v) is 12.1. The molecule has 0 heterocycles. The van der Waals surface area contributed by atoms with Crippen LogP contribution in [-0.2, 0) is 9.53 Å². The van der Waals surface area contributed by atoms with Crippen molar-refractivity contribution in [2.45, 2.75) is 70.4 Å². The van der Waals surface area contributed by atoms with E-state index < -0.39 is 0 Å². The lowest BCUT2D eigenvalue weighted by Gasteiger charge is -2.26. The zero-order valence-electron chi connectivity index (χ0n) is 12.1. The van der Waals surface area contributed by atoms with Crippen molar-refractivity contribution in [3.8, 4) is 0 Å². The summed E-state index contributed by atoms with van der Waals surface area (Å²) in [6.45, 7) is 3.34. The van der Waals surface area contributed by atoms with E-state index in [4.69, 9.17) is 10.5 Å². The minimum Gasteiger partial charge on any atom is -0.376 e. The highest BCUT2D eigenvalue weighted by Crippen LogP contribution is 2.37. The summed E-state index contributed by atoms with van der Waals surface area (Å²) in [5.74, 6) is 0.208. The summed E-state index contributed by atoms with van der Waals surface area (Å²) in [5.41, 5.74) is 5.74. The summed E-state index contributed by atoms with van der Waals surface area (Å²) >= 11 is 0. The van der Waals surface area contributed by atoms with Gasteiger partial charge >= 0.3 is 0 Å². The van der Waals surface area contributed by atoms with Crippen LogP contribution in [0.25, 0.3) is 0 Å². The summed E-state index contributed by atoms with van der Waals surface area (Å²) in [5, 5.41) is 3.02. The molecule has 0 radical (unpaired) electrons. The highest BCUT2D eigenvalue weighted by Gasteiger charge is 2.35. The SMILES string of the molecule is CC1(C(=O)NCCOC2CCC(N)CC2)CCCC1. The molecule has 4 nitrogen and oxygen atoms in total. The Balaban J connectivity index is 1.58. The Morgan fingerprint density at radius 1 is 1.26 bits per heavy atom. The molecule has 3 N–H and O–H groups in total. The monoisotopic (exact) mass is 268 g/mol. The number of nitrogens with two attached hydrogens (primary N) is 1. The summed E-state index contributed by atoms with van der Waals surface area (Å²) in [6.07, 6.45) is 9.02. The largest absolute Gasteiger partial charge is 0.376 e. The standard InChI is InChI=1S/C15H28N2O2/c1-15(8-2-3-9-15)14(18)17-10-11-19-13-6-4-12(16)5-7-13/h12-13H,2-11,16H2,1H3,(H,17,18). The molecule has 0 saturated heterocycles. The average Bonchev–Trinajstić information content (AvgIpc) is 2.85. The van der Waals surface area contributed by atoms with Crippen molar-refractivity contribution in [2.24, 2.45) is 11.1 Å². The van der Waals surface area contributed by atoms with Gasteiger partial charge in [0.1, 0.15) is 0 Å². The fourth-order valence-electron chi connectivity index (χ4n) is 3.24. The van der Waals surface area contributed by atoms with E-state index in [1.165, 1.54) is 12.8 Å². The minimum atomic E-state index is -0.127. The van der Waals surface area contributed by atoms with Crippen molar-refractivity contribution in [1.82, 2.24) is 5.32 Å². The van der Waals surface area contributed by atoms with Crippen LogP contribution in [0.3, 0.4) is 0 Å². The van der Waals surface area contributed by atoms with Crippen LogP contribution in [0, 0.1) is 5.41 Å². The Hall–Kier alpha value is -0.610. The minimum absolute atomic E-state index is 0.127. The fraction of sp³-hybridized carbons (Fsp3) is 0.933. The van der Waals surface area contributed by atoms with E-state index in [9.17, 15) is 4.79 Å². The second-order valence-electron chi connectivity index (χ2n) is 6.43. The van der Waals surface area contributed by atoms with Gasteiger partial charge < -0.3 is 15.8 Å². The van der Waals surface area contributed by atoms with Crippen LogP contribution < -0.4 is 11.1 Å². The van der Waals surface area contributed by atoms with Crippen LogP contribution in [0.1, 0.15) is 58.3 Å². The maximum atomic E-state index is 12.1. The molecular formula is C15H28N2O2. The highest BCUT2D eigenvalue weighted by atomic mass is 16.5. The topological polar surface area (TPSA) is 64.3 Å². The molecule has 4 heteroatoms. The number of carbonyl (C=O) groups excluding carboxylic acids is 1. The molecule has 2 aliphatic carbocycles. The van der Waals surface area contributed by atoms with Crippen LogP contribution in [-0.4, -0.2) is 31.2 Å². The predicted octanol–water partition coefficient (Wildman–Crippen LogP) is 1.97. The van der Waals surface area contributed by atoms with Crippen LogP contribution in [0.15, 0.2) is 0 Å². The number of hydrogen-bond acceptors (Lipinski definition) is 3. The molecule has 110 valence electrons. The van der Waals surface area contributed by atoms with E-state index >= 15 is 0 Å². The molecule has 2 aliphatic rings. The number of carbonyl (C=O) groups is 1. The Morgan fingerprint density at radius 2 is 1.89 bits per heavy atom. The van der Waals surface area contributed by atoms with Crippen molar-refractivity contribution in [3.63, 3.8) is 0 Å². The number of amides is 1. The Morgan fingerprint density at radius 3 is 2.53 bits per heavy atom. The van der Waals surface area contributed by atoms with Crippen molar-refractivity contribution >= 4 is 5.91 Å². The maximum absolute atomic E-state index is 12.1. The molecule has 0 aromatic carbocycles. The van der Waals surface area contributed by atoms with Crippen LogP contribution in [0.5, 0.6) is 0 Å². The maximum Gasteiger partial charge on any atom is 0.226 e. The third-order valence-corrected chi connectivity index (χ3v) is 4.72. The van der Waals surface area contributed by atoms with Crippen molar-refractivity contribution in [1.29, 1.82) is 0 Å². The van der Waals surface area contributed by atoms with E-state index in [2.05, 4.69) is 12.2 Å². The molecule has 0 aromatic rings. The van der Waals surface area contributed by atoms with E-state index in [1.807, 2.05) is 0 Å². The van der Waals surface area contributed by atoms with E-state index in [1.54, 1.807) is 0 Å². The fourth-order valence-corrected chi connectivity index (χ4v) is 3.24. The lowest BCUT2D eigenvalue weighted by molar-refractivity contribution is -0.130. The molecule has 0 spiro atoms. The lowest BCUT2D eigenvalue weighted by Crippen LogP contribution is -2.39. The van der Waals surface area contributed by atoms with Gasteiger partial charge in [0.25, 0.3) is 0 Å². The smallest absolute Gasteiger partial charge is 0.226 e. The average molecular weight is 268 g/mol. The van der Waals surface area contributed by atoms with Gasteiger partial charge in [0.05, 0.1) is 12.7 Å². The molecular weight excluding hydrogens is 240 g/mol. The molecule has 1 amide bonds. The third-order valence-electron chi connectivity index (χ3n) is 4.72. The first-order valence-electron chi connectivity index (χ1n) is 7.76. The Kier molecular flexibility index (Phi) is 5.22. The van der Waals surface area contributed by atoms with Gasteiger partial charge in [-0.1, -0.05) is 19.8 Å². The zero-order chi connectivity index (χ0) is 13.7. The molecule has 0 bridgehead atoms. The normalized spacial score (nSPS) is 30.2. The first-order valence-corrected chi connectivity index (χ1v) is 7.76. The van der Waals surface area contributed by atoms with Crippen LogP contribution in [0.4, 0.5) is 0 Å². The highest BCUT2D eigenvalue weighted by molar-refractivity contribution is 5.82. The van der Waals surface area contributed by atoms with Gasteiger partial charge in [-0.3, -0.25) is 4.79 Å². The second kappa shape index (κ2) is 6.71. The molecule has 0 aliphatic heterocycles. The van der Waals surface area contributed by atoms with E-state index in [-0.39, 0.29) is 11.3 Å². The lowest BCUT2D eigenvalue weighted by atomic mass is 9.88. The summed E-state index contributed by atoms with van der Waals surface area (Å²) in [4.78, 5) is 12.1. The van der Waals surface area contributed by atoms with Crippen molar-refractivity contribution in [3.05, 3.63) is 0 Å². The van der Waals surface area contributed by atoms with Gasteiger partial charge in [0.2, 0.25) is 5.91 Å². The van der Waals surface area contributed by atoms with Crippen LogP contribution in [0.2, 0.25) is 0 Å². The molecule has 19 heavy (non-hydrogen) atoms. The molecule has 2 fully saturated rings. The second-order valence-corrected chi connectivity index (χ2v) is 6.43. The summed E-state index contributed by atoms with van der Waals surface area (Å²) in [6, 6.07) is 0.363. The van der Waals surface area contributed by atoms with E-state index in [0.29, 0.717) is 25.3 Å². The van der Waals surface area contributed by atoms with Gasteiger partial charge in [-0.15, -0.1) is 0 Å². The van der Waals surface area contributed by atoms with E-state index in [0.717, 1.165) is 38.5 Å². The Bertz CT molecular complexity index is 293. The predicted molar refractivity (Wildman–Crippen MR) is 75.8 cm³/mol. The number of rotatable bonds is 5. The van der Waals surface area contributed by atoms with Gasteiger partial charge in [-0.05, 0) is 38.5 Å².